The summed E-state index contributed by atoms with van der Waals surface area (Å²) >= 11 is 0. The van der Waals surface area contributed by atoms with Crippen molar-refractivity contribution in [3.05, 3.63) is 0 Å². The Bertz CT molecular complexity index is 147. The van der Waals surface area contributed by atoms with Crippen LogP contribution in [0.4, 0.5) is 0 Å². The van der Waals surface area contributed by atoms with Gasteiger partial charge in [0.25, 0.3) is 0 Å². The Hall–Kier alpha value is -0.570. The fourth-order valence-electron chi connectivity index (χ4n) is 0.968. The molecule has 0 aliphatic heterocycles. The lowest BCUT2D eigenvalue weighted by Gasteiger charge is -2.16. The molecule has 3 nitrogen and oxygen atoms in total. The third-order valence-corrected chi connectivity index (χ3v) is 1.32. The lowest BCUT2D eigenvalue weighted by atomic mass is 10.0. The number of hydrogen-bond donors (Lipinski definition) is 2. The smallest absolute Gasteiger partial charge is 0.0644 e. The van der Waals surface area contributed by atoms with E-state index in [-0.39, 0.29) is 0 Å². The second kappa shape index (κ2) is 5.14. The zero-order valence-corrected chi connectivity index (χ0v) is 8.52. The minimum Gasteiger partial charge on any atom is -0.390 e. The van der Waals surface area contributed by atoms with Crippen LogP contribution in [0.25, 0.3) is 0 Å². The van der Waals surface area contributed by atoms with Crippen LogP contribution in [0.3, 0.4) is 0 Å². The summed E-state index contributed by atoms with van der Waals surface area (Å²) < 4.78 is 0. The van der Waals surface area contributed by atoms with Crippen LogP contribution in [0.2, 0.25) is 0 Å². The molecule has 3 heteroatoms. The second-order valence-electron chi connectivity index (χ2n) is 3.74. The highest BCUT2D eigenvalue weighted by Crippen LogP contribution is 2.07. The van der Waals surface area contributed by atoms with E-state index in [0.717, 1.165) is 18.7 Å². The van der Waals surface area contributed by atoms with Gasteiger partial charge in [0.05, 0.1) is 5.60 Å². The van der Waals surface area contributed by atoms with E-state index in [1.807, 2.05) is 6.92 Å². The van der Waals surface area contributed by atoms with Gasteiger partial charge in [-0.25, -0.2) is 0 Å². The maximum Gasteiger partial charge on any atom is 0.0644 e. The van der Waals surface area contributed by atoms with Gasteiger partial charge in [0.15, 0.2) is 0 Å². The van der Waals surface area contributed by atoms with Gasteiger partial charge in [0.2, 0.25) is 0 Å². The summed E-state index contributed by atoms with van der Waals surface area (Å²) in [6.07, 6.45) is 1.68. The quantitative estimate of drug-likeness (QED) is 0.375. The molecular formula is C9H20N2O. The molecule has 0 rings (SSSR count). The van der Waals surface area contributed by atoms with Gasteiger partial charge in [-0.1, -0.05) is 6.92 Å². The van der Waals surface area contributed by atoms with Crippen molar-refractivity contribution < 1.29 is 5.11 Å². The highest BCUT2D eigenvalue weighted by Gasteiger charge is 2.13. The predicted molar refractivity (Wildman–Crippen MR) is 52.3 cm³/mol. The second-order valence-corrected chi connectivity index (χ2v) is 3.74. The molecule has 0 unspecified atom stereocenters. The molecule has 0 aromatic carbocycles. The predicted octanol–water partition coefficient (Wildman–Crippen LogP) is 1.52. The Morgan fingerprint density at radius 1 is 1.50 bits per heavy atom. The fraction of sp³-hybridized carbons (Fsp3) is 0.889. The van der Waals surface area contributed by atoms with Crippen molar-refractivity contribution in [3.8, 4) is 0 Å². The van der Waals surface area contributed by atoms with Gasteiger partial charge in [0.1, 0.15) is 0 Å². The molecule has 0 aliphatic rings. The van der Waals surface area contributed by atoms with E-state index < -0.39 is 5.60 Å². The van der Waals surface area contributed by atoms with Gasteiger partial charge in [0, 0.05) is 18.7 Å². The first-order valence-corrected chi connectivity index (χ1v) is 4.44. The van der Waals surface area contributed by atoms with Crippen molar-refractivity contribution in [1.29, 1.82) is 0 Å². The highest BCUT2D eigenvalue weighted by atomic mass is 16.3. The van der Waals surface area contributed by atoms with Gasteiger partial charge >= 0.3 is 0 Å². The summed E-state index contributed by atoms with van der Waals surface area (Å²) in [7, 11) is 0. The van der Waals surface area contributed by atoms with Crippen molar-refractivity contribution in [2.45, 2.75) is 46.1 Å². The Morgan fingerprint density at radius 3 is 2.50 bits per heavy atom. The van der Waals surface area contributed by atoms with Crippen LogP contribution in [0.1, 0.15) is 40.5 Å². The Morgan fingerprint density at radius 2 is 2.08 bits per heavy atom. The summed E-state index contributed by atoms with van der Waals surface area (Å²) in [6, 6.07) is 0. The van der Waals surface area contributed by atoms with Crippen LogP contribution in [-0.2, 0) is 0 Å². The third-order valence-electron chi connectivity index (χ3n) is 1.32. The number of hydrogen-bond acceptors (Lipinski definition) is 3. The van der Waals surface area contributed by atoms with Gasteiger partial charge in [-0.05, 0) is 27.2 Å². The Labute approximate surface area is 74.9 Å². The number of aliphatic hydroxyl groups is 1. The molecule has 72 valence electrons. The molecule has 0 spiro atoms. The number of nitrogens with one attached hydrogen (secondary N) is 1. The minimum absolute atomic E-state index is 0.615. The van der Waals surface area contributed by atoms with E-state index in [2.05, 4.69) is 17.5 Å². The first-order chi connectivity index (χ1) is 5.45. The molecule has 0 aromatic heterocycles. The van der Waals surface area contributed by atoms with Crippen LogP contribution in [-0.4, -0.2) is 23.0 Å². The Kier molecular flexibility index (Phi) is 4.90. The average Bonchev–Trinajstić information content (AvgIpc) is 1.84. The Balaban J connectivity index is 3.70. The van der Waals surface area contributed by atoms with Crippen LogP contribution >= 0.6 is 0 Å². The van der Waals surface area contributed by atoms with Crippen molar-refractivity contribution in [3.63, 3.8) is 0 Å². The molecule has 2 N–H and O–H groups in total. The number of rotatable bonds is 5. The maximum atomic E-state index is 9.44. The monoisotopic (exact) mass is 172 g/mol. The maximum absolute atomic E-state index is 9.44. The average molecular weight is 172 g/mol. The van der Waals surface area contributed by atoms with Gasteiger partial charge in [-0.3, -0.25) is 0 Å². The topological polar surface area (TPSA) is 44.6 Å². The molecule has 0 amide bonds. The summed E-state index contributed by atoms with van der Waals surface area (Å²) in [5.41, 5.74) is 3.22. The molecule has 0 fully saturated rings. The lowest BCUT2D eigenvalue weighted by molar-refractivity contribution is 0.0883. The van der Waals surface area contributed by atoms with E-state index in [9.17, 15) is 5.11 Å². The lowest BCUT2D eigenvalue weighted by Crippen LogP contribution is -2.23. The SMILES string of the molecule is CCCN/N=C(/C)CC(C)(C)O. The van der Waals surface area contributed by atoms with E-state index in [1.165, 1.54) is 0 Å². The molecule has 0 atom stereocenters. The van der Waals surface area contributed by atoms with E-state index in [0.29, 0.717) is 6.42 Å². The molecule has 0 heterocycles. The molecule has 0 radical (unpaired) electrons. The number of nitrogens with zero attached hydrogens (tertiary/aromatic N) is 1. The van der Waals surface area contributed by atoms with Crippen LogP contribution < -0.4 is 5.43 Å². The summed E-state index contributed by atoms with van der Waals surface area (Å²) in [5, 5.41) is 13.5. The molecule has 0 saturated heterocycles. The van der Waals surface area contributed by atoms with Gasteiger partial charge < -0.3 is 10.5 Å². The van der Waals surface area contributed by atoms with Crippen molar-refractivity contribution in [2.75, 3.05) is 6.54 Å². The van der Waals surface area contributed by atoms with Gasteiger partial charge in [-0.2, -0.15) is 5.10 Å². The van der Waals surface area contributed by atoms with Crippen LogP contribution in [0.5, 0.6) is 0 Å². The van der Waals surface area contributed by atoms with Crippen molar-refractivity contribution >= 4 is 5.71 Å². The summed E-state index contributed by atoms with van der Waals surface area (Å²) in [6.45, 7) is 8.47. The van der Waals surface area contributed by atoms with Crippen LogP contribution in [0, 0.1) is 0 Å². The number of hydrazone groups is 1. The minimum atomic E-state index is -0.651. The van der Waals surface area contributed by atoms with E-state index in [1.54, 1.807) is 13.8 Å². The normalized spacial score (nSPS) is 13.2. The summed E-state index contributed by atoms with van der Waals surface area (Å²) in [4.78, 5) is 0. The summed E-state index contributed by atoms with van der Waals surface area (Å²) in [5.74, 6) is 0. The van der Waals surface area contributed by atoms with E-state index >= 15 is 0 Å². The molecular weight excluding hydrogens is 152 g/mol. The van der Waals surface area contributed by atoms with Crippen molar-refractivity contribution in [1.82, 2.24) is 5.43 Å². The first kappa shape index (κ1) is 11.4. The molecule has 0 aromatic rings. The molecule has 0 aliphatic carbocycles. The molecule has 0 bridgehead atoms. The first-order valence-electron chi connectivity index (χ1n) is 4.44. The molecule has 0 saturated carbocycles. The molecule has 12 heavy (non-hydrogen) atoms. The van der Waals surface area contributed by atoms with E-state index in [4.69, 9.17) is 0 Å². The fourth-order valence-corrected chi connectivity index (χ4v) is 0.968. The van der Waals surface area contributed by atoms with Gasteiger partial charge in [-0.15, -0.1) is 0 Å². The standard InChI is InChI=1S/C9H20N2O/c1-5-6-10-11-8(2)7-9(3,4)12/h10,12H,5-7H2,1-4H3/b11-8-. The zero-order chi connectivity index (χ0) is 9.61. The van der Waals surface area contributed by atoms with Crippen LogP contribution in [0.15, 0.2) is 5.10 Å². The van der Waals surface area contributed by atoms with Crippen molar-refractivity contribution in [2.24, 2.45) is 5.10 Å². The highest BCUT2D eigenvalue weighted by molar-refractivity contribution is 5.82. The largest absolute Gasteiger partial charge is 0.390 e. The third kappa shape index (κ3) is 7.54. The zero-order valence-electron chi connectivity index (χ0n) is 8.52.